The second kappa shape index (κ2) is 11.5. The highest BCUT2D eigenvalue weighted by atomic mass is 19.4. The molecule has 0 N–H and O–H groups in total. The summed E-state index contributed by atoms with van der Waals surface area (Å²) in [5.74, 6) is -5.22. The van der Waals surface area contributed by atoms with Crippen LogP contribution in [0.4, 0.5) is 48.7 Å². The predicted octanol–water partition coefficient (Wildman–Crippen LogP) is 9.76. The van der Waals surface area contributed by atoms with Gasteiger partial charge in [0.15, 0.2) is 0 Å². The summed E-state index contributed by atoms with van der Waals surface area (Å²) in [7, 11) is -3.40. The fraction of sp³-hybridized carbons (Fsp3) is 0.367. The number of carbonyl (C=O) groups is 1. The normalized spacial score (nSPS) is 21.7. The highest BCUT2D eigenvalue weighted by Crippen LogP contribution is 2.45. The van der Waals surface area contributed by atoms with Crippen molar-refractivity contribution in [1.82, 2.24) is 4.90 Å². The third-order valence-corrected chi connectivity index (χ3v) is 6.93. The van der Waals surface area contributed by atoms with E-state index in [1.807, 2.05) is 0 Å². The van der Waals surface area contributed by atoms with E-state index in [0.717, 1.165) is 6.92 Å². The van der Waals surface area contributed by atoms with E-state index in [1.165, 1.54) is 0 Å². The molecule has 0 radical (unpaired) electrons. The summed E-state index contributed by atoms with van der Waals surface area (Å²) in [5.41, 5.74) is -9.28. The standard InChI is InChI=1S/C30H25F10NO3/c1-14(2)24-22(31)7-8-23(43-4)25(24)21-6-5-18(28(32,33)34)11-17(21)13-41-15(3)26(44-27(41)42)16-9-19(29(35,36)37)12-20(10-16)30(38,39)40/h5-12,14-15,26H,13H2,1-4H3/t15-,26-/m0/s1/i1D3,2D3,4D3. The Kier molecular flexibility index (Phi) is 5.89. The van der Waals surface area contributed by atoms with Crippen molar-refractivity contribution >= 4 is 6.09 Å². The highest BCUT2D eigenvalue weighted by Gasteiger charge is 2.44. The number of halogens is 10. The lowest BCUT2D eigenvalue weighted by Gasteiger charge is -2.25. The van der Waals surface area contributed by atoms with Gasteiger partial charge in [-0.2, -0.15) is 39.5 Å². The molecule has 4 rings (SSSR count). The molecule has 0 saturated carbocycles. The summed E-state index contributed by atoms with van der Waals surface area (Å²) in [4.78, 5) is 13.7. The summed E-state index contributed by atoms with van der Waals surface area (Å²) < 4.78 is 219. The number of carbonyl (C=O) groups excluding carboxylic acids is 1. The zero-order chi connectivity index (χ0) is 40.4. The Hall–Kier alpha value is -3.97. The van der Waals surface area contributed by atoms with Gasteiger partial charge in [0.05, 0.1) is 40.4 Å². The molecule has 3 aromatic rings. The second-order valence-corrected chi connectivity index (χ2v) is 9.75. The van der Waals surface area contributed by atoms with Crippen molar-refractivity contribution in [2.45, 2.75) is 63.8 Å². The van der Waals surface area contributed by atoms with Crippen LogP contribution in [0.3, 0.4) is 0 Å². The van der Waals surface area contributed by atoms with Crippen molar-refractivity contribution < 1.29 is 70.5 Å². The first kappa shape index (κ1) is 22.5. The number of hydrogen-bond donors (Lipinski definition) is 0. The molecule has 0 bridgehead atoms. The van der Waals surface area contributed by atoms with Crippen LogP contribution in [0.25, 0.3) is 11.1 Å². The summed E-state index contributed by atoms with van der Waals surface area (Å²) in [5, 5.41) is 0. The number of ether oxygens (including phenoxy) is 2. The van der Waals surface area contributed by atoms with Crippen molar-refractivity contribution in [1.29, 1.82) is 0 Å². The van der Waals surface area contributed by atoms with E-state index in [0.29, 0.717) is 35.2 Å². The quantitative estimate of drug-likeness (QED) is 0.251. The van der Waals surface area contributed by atoms with Gasteiger partial charge in [-0.1, -0.05) is 19.8 Å². The van der Waals surface area contributed by atoms with E-state index < -0.39 is 126 Å². The third kappa shape index (κ3) is 6.43. The molecule has 1 amide bonds. The monoisotopic (exact) mass is 646 g/mol. The second-order valence-electron chi connectivity index (χ2n) is 9.75. The maximum absolute atomic E-state index is 15.7. The average molecular weight is 647 g/mol. The van der Waals surface area contributed by atoms with Crippen LogP contribution in [-0.4, -0.2) is 24.1 Å². The van der Waals surface area contributed by atoms with Crippen molar-refractivity contribution in [3.63, 3.8) is 0 Å². The first-order chi connectivity index (χ1) is 23.8. The van der Waals surface area contributed by atoms with Crippen molar-refractivity contribution in [2.75, 3.05) is 7.04 Å². The Labute approximate surface area is 257 Å². The van der Waals surface area contributed by atoms with Gasteiger partial charge in [-0.15, -0.1) is 0 Å². The number of hydrogen-bond acceptors (Lipinski definition) is 3. The van der Waals surface area contributed by atoms with Gasteiger partial charge in [-0.3, -0.25) is 4.90 Å². The smallest absolute Gasteiger partial charge is 0.416 e. The van der Waals surface area contributed by atoms with Crippen LogP contribution in [0.2, 0.25) is 0 Å². The van der Waals surface area contributed by atoms with E-state index in [2.05, 4.69) is 0 Å². The van der Waals surface area contributed by atoms with E-state index in [-0.39, 0.29) is 18.2 Å². The van der Waals surface area contributed by atoms with E-state index in [4.69, 9.17) is 21.8 Å². The van der Waals surface area contributed by atoms with Crippen LogP contribution in [0, 0.1) is 5.82 Å². The van der Waals surface area contributed by atoms with Gasteiger partial charge in [0.2, 0.25) is 0 Å². The zero-order valence-electron chi connectivity index (χ0n) is 31.0. The number of rotatable bonds is 6. The van der Waals surface area contributed by atoms with Gasteiger partial charge in [-0.05, 0) is 72.0 Å². The number of alkyl halides is 9. The number of benzene rings is 3. The Morgan fingerprint density at radius 1 is 0.886 bits per heavy atom. The molecule has 238 valence electrons. The van der Waals surface area contributed by atoms with Gasteiger partial charge < -0.3 is 9.47 Å². The van der Waals surface area contributed by atoms with Gasteiger partial charge in [0.25, 0.3) is 0 Å². The van der Waals surface area contributed by atoms with Crippen LogP contribution in [0.15, 0.2) is 48.5 Å². The summed E-state index contributed by atoms with van der Waals surface area (Å²) in [6.45, 7) is -7.11. The zero-order valence-corrected chi connectivity index (χ0v) is 22.0. The van der Waals surface area contributed by atoms with Crippen LogP contribution < -0.4 is 4.74 Å². The lowest BCUT2D eigenvalue weighted by Crippen LogP contribution is -2.32. The molecule has 1 aliphatic heterocycles. The Morgan fingerprint density at radius 3 is 2.05 bits per heavy atom. The van der Waals surface area contributed by atoms with Crippen LogP contribution >= 0.6 is 0 Å². The molecule has 0 aromatic heterocycles. The molecule has 2 atom stereocenters. The maximum atomic E-state index is 15.7. The molecule has 1 saturated heterocycles. The molecule has 0 unspecified atom stereocenters. The predicted molar refractivity (Wildman–Crippen MR) is 138 cm³/mol. The van der Waals surface area contributed by atoms with Gasteiger partial charge in [0.1, 0.15) is 17.7 Å². The molecular weight excluding hydrogens is 612 g/mol. The van der Waals surface area contributed by atoms with Crippen LogP contribution in [0.1, 0.15) is 78.4 Å². The summed E-state index contributed by atoms with van der Waals surface area (Å²) in [6.07, 6.45) is -19.1. The minimum absolute atomic E-state index is 0.182. The fourth-order valence-electron chi connectivity index (χ4n) is 4.85. The first-order valence-corrected chi connectivity index (χ1v) is 12.3. The van der Waals surface area contributed by atoms with Gasteiger partial charge >= 0.3 is 24.6 Å². The molecule has 14 heteroatoms. The molecule has 1 fully saturated rings. The third-order valence-electron chi connectivity index (χ3n) is 6.93. The summed E-state index contributed by atoms with van der Waals surface area (Å²) >= 11 is 0. The number of nitrogens with zero attached hydrogens (tertiary/aromatic N) is 1. The first-order valence-electron chi connectivity index (χ1n) is 16.8. The van der Waals surface area contributed by atoms with E-state index in [9.17, 15) is 44.3 Å². The highest BCUT2D eigenvalue weighted by molar-refractivity contribution is 5.79. The minimum atomic E-state index is -5.30. The molecule has 1 heterocycles. The topological polar surface area (TPSA) is 38.8 Å². The largest absolute Gasteiger partial charge is 0.496 e. The SMILES string of the molecule is [2H]C([2H])([2H])Oc1ccc(F)c(C(C([2H])([2H])[2H])C([2H])([2H])[2H])c1-c1ccc(C(F)(F)F)cc1CN1C(=O)O[C@H](c2cc(C(F)(F)F)cc(C(F)(F)F)c2)[C@@H]1C. The average Bonchev–Trinajstić information content (AvgIpc) is 3.24. The lowest BCUT2D eigenvalue weighted by atomic mass is 9.88. The molecule has 3 aromatic carbocycles. The van der Waals surface area contributed by atoms with Gasteiger partial charge in [0, 0.05) is 19.4 Å². The number of cyclic esters (lactones) is 1. The fourth-order valence-corrected chi connectivity index (χ4v) is 4.85. The van der Waals surface area contributed by atoms with Crippen LogP contribution in [0.5, 0.6) is 5.75 Å². The maximum Gasteiger partial charge on any atom is 0.416 e. The minimum Gasteiger partial charge on any atom is -0.496 e. The Balaban J connectivity index is 1.98. The molecule has 0 spiro atoms. The summed E-state index contributed by atoms with van der Waals surface area (Å²) in [6, 6.07) is 1.33. The van der Waals surface area contributed by atoms with Crippen molar-refractivity contribution in [2.24, 2.45) is 0 Å². The molecule has 4 nitrogen and oxygen atoms in total. The van der Waals surface area contributed by atoms with Crippen LogP contribution in [-0.2, 0) is 29.8 Å². The van der Waals surface area contributed by atoms with E-state index in [1.54, 1.807) is 0 Å². The van der Waals surface area contributed by atoms with Gasteiger partial charge in [-0.25, -0.2) is 9.18 Å². The van der Waals surface area contributed by atoms with Crippen molar-refractivity contribution in [3.05, 3.63) is 87.7 Å². The van der Waals surface area contributed by atoms with E-state index >= 15 is 4.39 Å². The van der Waals surface area contributed by atoms with Crippen molar-refractivity contribution in [3.8, 4) is 16.9 Å². The molecule has 44 heavy (non-hydrogen) atoms. The number of methoxy groups -OCH3 is 1. The Morgan fingerprint density at radius 2 is 1.50 bits per heavy atom. The Bertz CT molecular complexity index is 1830. The molecule has 0 aliphatic carbocycles. The molecule has 1 aliphatic rings. The lowest BCUT2D eigenvalue weighted by molar-refractivity contribution is -0.143. The molecular formula is C30H25F10NO3. The number of amides is 1.